The zero-order valence-electron chi connectivity index (χ0n) is 12.6. The molecule has 21 heavy (non-hydrogen) atoms. The van der Waals surface area contributed by atoms with Gasteiger partial charge in [-0.3, -0.25) is 4.68 Å². The topological polar surface area (TPSA) is 93.7 Å². The van der Waals surface area contributed by atoms with Crippen molar-refractivity contribution >= 4 is 11.6 Å². The number of nitrogen functional groups attached to an aromatic ring is 1. The molecule has 2 aromatic heterocycles. The smallest absolute Gasteiger partial charge is 0.148 e. The molecule has 0 unspecified atom stereocenters. The highest BCUT2D eigenvalue weighted by Gasteiger charge is 2.28. The molecule has 7 heteroatoms. The van der Waals surface area contributed by atoms with Crippen LogP contribution in [-0.2, 0) is 13.6 Å². The van der Waals surface area contributed by atoms with E-state index in [1.54, 1.807) is 0 Å². The second-order valence-corrected chi connectivity index (χ2v) is 5.56. The van der Waals surface area contributed by atoms with E-state index in [0.717, 1.165) is 41.3 Å². The van der Waals surface area contributed by atoms with Gasteiger partial charge in [-0.2, -0.15) is 5.10 Å². The number of rotatable bonds is 5. The van der Waals surface area contributed by atoms with Gasteiger partial charge in [0.15, 0.2) is 0 Å². The molecule has 7 nitrogen and oxygen atoms in total. The highest BCUT2D eigenvalue weighted by molar-refractivity contribution is 5.57. The number of nitrogens with two attached hydrogens (primary N) is 1. The van der Waals surface area contributed by atoms with Gasteiger partial charge < -0.3 is 10.7 Å². The van der Waals surface area contributed by atoms with Crippen molar-refractivity contribution in [2.24, 2.45) is 12.9 Å². The minimum absolute atomic E-state index is 0.485. The van der Waals surface area contributed by atoms with E-state index < -0.39 is 0 Å². The molecule has 2 aromatic rings. The van der Waals surface area contributed by atoms with Crippen molar-refractivity contribution in [2.45, 2.75) is 39.2 Å². The fraction of sp³-hybridized carbons (Fsp3) is 0.500. The summed E-state index contributed by atoms with van der Waals surface area (Å²) in [5.41, 5.74) is 5.90. The van der Waals surface area contributed by atoms with Crippen molar-refractivity contribution in [3.8, 4) is 0 Å². The summed E-state index contributed by atoms with van der Waals surface area (Å²) >= 11 is 0. The Kier molecular flexibility index (Phi) is 3.50. The summed E-state index contributed by atoms with van der Waals surface area (Å²) in [4.78, 5) is 9.14. The van der Waals surface area contributed by atoms with Crippen LogP contribution in [0.5, 0.6) is 0 Å². The molecule has 3 rings (SSSR count). The summed E-state index contributed by atoms with van der Waals surface area (Å²) in [6.07, 6.45) is 4.20. The fourth-order valence-electron chi connectivity index (χ4n) is 2.27. The van der Waals surface area contributed by atoms with Gasteiger partial charge in [-0.05, 0) is 26.7 Å². The van der Waals surface area contributed by atoms with Crippen LogP contribution in [0.2, 0.25) is 0 Å². The van der Waals surface area contributed by atoms with Crippen LogP contribution in [0.4, 0.5) is 11.6 Å². The Hall–Kier alpha value is -2.15. The molecular weight excluding hydrogens is 266 g/mol. The van der Waals surface area contributed by atoms with Crippen LogP contribution in [0.1, 0.15) is 41.4 Å². The molecule has 0 spiro atoms. The summed E-state index contributed by atoms with van der Waals surface area (Å²) in [6, 6.07) is 0. The van der Waals surface area contributed by atoms with Crippen LogP contribution < -0.4 is 16.6 Å². The molecule has 0 aliphatic heterocycles. The van der Waals surface area contributed by atoms with Crippen LogP contribution in [0.25, 0.3) is 0 Å². The number of nitrogens with zero attached hydrogens (tertiary/aromatic N) is 4. The zero-order valence-corrected chi connectivity index (χ0v) is 12.6. The molecule has 0 aromatic carbocycles. The molecule has 2 heterocycles. The van der Waals surface area contributed by atoms with Crippen molar-refractivity contribution in [2.75, 3.05) is 10.7 Å². The van der Waals surface area contributed by atoms with Crippen molar-refractivity contribution < 1.29 is 0 Å². The first-order chi connectivity index (χ1) is 10.1. The maximum absolute atomic E-state index is 5.56. The molecule has 112 valence electrons. The van der Waals surface area contributed by atoms with E-state index in [1.807, 2.05) is 24.9 Å². The second-order valence-electron chi connectivity index (χ2n) is 5.56. The maximum atomic E-state index is 5.56. The quantitative estimate of drug-likeness (QED) is 0.571. The monoisotopic (exact) mass is 287 g/mol. The summed E-state index contributed by atoms with van der Waals surface area (Å²) < 4.78 is 1.87. The van der Waals surface area contributed by atoms with Gasteiger partial charge in [-0.15, -0.1) is 0 Å². The van der Waals surface area contributed by atoms with E-state index in [1.165, 1.54) is 0 Å². The summed E-state index contributed by atoms with van der Waals surface area (Å²) in [7, 11) is 1.94. The average Bonchev–Trinajstić information content (AvgIpc) is 3.27. The molecule has 0 amide bonds. The molecular formula is C14H21N7. The van der Waals surface area contributed by atoms with Gasteiger partial charge in [0, 0.05) is 36.3 Å². The number of hydrogen-bond donors (Lipinski definition) is 3. The SMILES string of the molecule is Cc1c(NN)nc(C2CC2)nc1NCc1cnn(C)c1C. The summed E-state index contributed by atoms with van der Waals surface area (Å²) in [6.45, 7) is 4.70. The number of aromatic nitrogens is 4. The molecule has 0 saturated heterocycles. The van der Waals surface area contributed by atoms with Crippen molar-refractivity contribution in [1.82, 2.24) is 19.7 Å². The number of anilines is 2. The first-order valence-electron chi connectivity index (χ1n) is 7.16. The van der Waals surface area contributed by atoms with E-state index in [-0.39, 0.29) is 0 Å². The first-order valence-corrected chi connectivity index (χ1v) is 7.16. The largest absolute Gasteiger partial charge is 0.365 e. The Balaban J connectivity index is 1.83. The van der Waals surface area contributed by atoms with Crippen molar-refractivity contribution in [3.05, 3.63) is 28.8 Å². The third-order valence-electron chi connectivity index (χ3n) is 4.03. The molecule has 0 radical (unpaired) electrons. The van der Waals surface area contributed by atoms with Crippen LogP contribution in [0.3, 0.4) is 0 Å². The fourth-order valence-corrected chi connectivity index (χ4v) is 2.27. The number of aryl methyl sites for hydroxylation is 1. The number of hydrazine groups is 1. The highest BCUT2D eigenvalue weighted by atomic mass is 15.3. The van der Waals surface area contributed by atoms with Crippen LogP contribution in [-0.4, -0.2) is 19.7 Å². The normalized spacial score (nSPS) is 14.3. The van der Waals surface area contributed by atoms with E-state index in [2.05, 4.69) is 32.7 Å². The Bertz CT molecular complexity index is 658. The first kappa shape index (κ1) is 13.8. The number of hydrogen-bond acceptors (Lipinski definition) is 6. The van der Waals surface area contributed by atoms with Crippen LogP contribution >= 0.6 is 0 Å². The second kappa shape index (κ2) is 5.33. The minimum Gasteiger partial charge on any atom is -0.365 e. The minimum atomic E-state index is 0.485. The van der Waals surface area contributed by atoms with E-state index >= 15 is 0 Å². The van der Waals surface area contributed by atoms with Gasteiger partial charge in [-0.25, -0.2) is 15.8 Å². The average molecular weight is 287 g/mol. The van der Waals surface area contributed by atoms with Crippen molar-refractivity contribution in [3.63, 3.8) is 0 Å². The zero-order chi connectivity index (χ0) is 15.0. The Morgan fingerprint density at radius 1 is 1.29 bits per heavy atom. The molecule has 4 N–H and O–H groups in total. The Labute approximate surface area is 123 Å². The van der Waals surface area contributed by atoms with E-state index in [4.69, 9.17) is 5.84 Å². The van der Waals surface area contributed by atoms with E-state index in [9.17, 15) is 0 Å². The Morgan fingerprint density at radius 3 is 2.57 bits per heavy atom. The highest BCUT2D eigenvalue weighted by Crippen LogP contribution is 2.39. The summed E-state index contributed by atoms with van der Waals surface area (Å²) in [5, 5.41) is 7.63. The lowest BCUT2D eigenvalue weighted by Gasteiger charge is -2.13. The molecule has 1 saturated carbocycles. The van der Waals surface area contributed by atoms with Gasteiger partial charge >= 0.3 is 0 Å². The van der Waals surface area contributed by atoms with Gasteiger partial charge in [0.1, 0.15) is 17.5 Å². The molecule has 1 aliphatic rings. The molecule has 0 atom stereocenters. The third-order valence-corrected chi connectivity index (χ3v) is 4.03. The lowest BCUT2D eigenvalue weighted by molar-refractivity contribution is 0.738. The van der Waals surface area contributed by atoms with E-state index in [0.29, 0.717) is 18.3 Å². The summed E-state index contributed by atoms with van der Waals surface area (Å²) in [5.74, 6) is 8.45. The van der Waals surface area contributed by atoms with Crippen LogP contribution in [0.15, 0.2) is 6.20 Å². The van der Waals surface area contributed by atoms with Gasteiger partial charge in [0.2, 0.25) is 0 Å². The van der Waals surface area contributed by atoms with Gasteiger partial charge in [-0.1, -0.05) is 0 Å². The standard InChI is InChI=1S/C14H21N7/c1-8-12(16-6-11-7-17-21(3)9(11)2)18-14(10-4-5-10)19-13(8)20-15/h7,10H,4-6,15H2,1-3H3,(H2,16,18,19,20). The Morgan fingerprint density at radius 2 is 2.00 bits per heavy atom. The molecule has 1 aliphatic carbocycles. The third kappa shape index (κ3) is 2.69. The van der Waals surface area contributed by atoms with Crippen molar-refractivity contribution in [1.29, 1.82) is 0 Å². The lowest BCUT2D eigenvalue weighted by Crippen LogP contribution is -2.15. The number of nitrogens with one attached hydrogen (secondary N) is 2. The molecule has 0 bridgehead atoms. The maximum Gasteiger partial charge on any atom is 0.148 e. The van der Waals surface area contributed by atoms with Gasteiger partial charge in [0.25, 0.3) is 0 Å². The predicted octanol–water partition coefficient (Wildman–Crippen LogP) is 1.60. The van der Waals surface area contributed by atoms with Gasteiger partial charge in [0.05, 0.1) is 6.20 Å². The van der Waals surface area contributed by atoms with Crippen LogP contribution in [0, 0.1) is 13.8 Å². The molecule has 1 fully saturated rings. The lowest BCUT2D eigenvalue weighted by atomic mass is 10.2. The predicted molar refractivity (Wildman–Crippen MR) is 81.8 cm³/mol.